The molecule has 4 radical (unpaired) electrons. The van der Waals surface area contributed by atoms with Crippen molar-refractivity contribution in [3.63, 3.8) is 0 Å². The van der Waals surface area contributed by atoms with Gasteiger partial charge in [0.2, 0.25) is 0 Å². The molecule has 6 heavy (non-hydrogen) atoms. The van der Waals surface area contributed by atoms with Crippen LogP contribution in [-0.2, 0) is 68.0 Å². The molecule has 0 aromatic rings. The van der Waals surface area contributed by atoms with E-state index in [9.17, 15) is 0 Å². The van der Waals surface area contributed by atoms with Crippen molar-refractivity contribution in [3.8, 4) is 0 Å². The maximum Gasteiger partial charge on any atom is 0 e. The molecule has 0 aliphatic carbocycles. The molecule has 0 aromatic heterocycles. The van der Waals surface area contributed by atoms with Crippen LogP contribution >= 0.6 is 0 Å². The summed E-state index contributed by atoms with van der Waals surface area (Å²) in [5.41, 5.74) is 0. The Bertz CT molecular complexity index is 15.5. The fourth-order valence-corrected chi connectivity index (χ4v) is 0. The van der Waals surface area contributed by atoms with Gasteiger partial charge >= 0.3 is 0 Å². The van der Waals surface area contributed by atoms with Gasteiger partial charge in [-0.05, 0) is 11.0 Å². The summed E-state index contributed by atoms with van der Waals surface area (Å²) in [5, 5.41) is 0. The predicted octanol–water partition coefficient (Wildman–Crippen LogP) is -1.84. The molecule has 0 aliphatic rings. The van der Waals surface area contributed by atoms with Gasteiger partial charge in [-0.2, -0.15) is 0 Å². The van der Waals surface area contributed by atoms with E-state index in [-0.39, 0.29) is 87.4 Å². The van der Waals surface area contributed by atoms with Crippen molar-refractivity contribution in [2.75, 3.05) is 0 Å². The molecule has 0 saturated heterocycles. The molecule has 0 bridgehead atoms. The van der Waals surface area contributed by atoms with E-state index in [1.54, 1.807) is 0 Å². The SMILES string of the molecule is [B].[Cr].[Fe].[Mn].[Ni].[SiH4]. The van der Waals surface area contributed by atoms with Crippen molar-refractivity contribution >= 4 is 19.4 Å². The van der Waals surface area contributed by atoms with Gasteiger partial charge in [-0.15, -0.1) is 0 Å². The van der Waals surface area contributed by atoms with E-state index in [1.807, 2.05) is 0 Å². The normalized spacial score (nSPS) is 0. The number of hydrogen-bond acceptors (Lipinski definition) is 0. The smallest absolute Gasteiger partial charge is 0 e. The average Bonchev–Trinajstić information content (AvgIpc) is 0. The van der Waals surface area contributed by atoms with E-state index in [2.05, 4.69) is 0 Å². The summed E-state index contributed by atoms with van der Waals surface area (Å²) in [4.78, 5) is 0. The van der Waals surface area contributed by atoms with Crippen LogP contribution in [0.3, 0.4) is 0 Å². The average molecular weight is 264 g/mol. The molecule has 0 rings (SSSR count). The summed E-state index contributed by atoms with van der Waals surface area (Å²) in [6, 6.07) is 0. The summed E-state index contributed by atoms with van der Waals surface area (Å²) >= 11 is 0. The molecular formula is H4BCrFeMnNiSi. The van der Waals surface area contributed by atoms with Crippen molar-refractivity contribution in [1.29, 1.82) is 0 Å². The molecule has 0 aromatic carbocycles. The quantitative estimate of drug-likeness (QED) is 0.451. The second-order valence-electron chi connectivity index (χ2n) is 0. The van der Waals surface area contributed by atoms with Gasteiger partial charge in [-0.3, -0.25) is 0 Å². The summed E-state index contributed by atoms with van der Waals surface area (Å²) in [5.74, 6) is 0. The first-order chi connectivity index (χ1) is 0. The van der Waals surface area contributed by atoms with Crippen LogP contribution in [0.5, 0.6) is 0 Å². The Labute approximate surface area is 86.6 Å². The van der Waals surface area contributed by atoms with E-state index in [4.69, 9.17) is 0 Å². The molecule has 0 aliphatic heterocycles. The molecule has 0 amide bonds. The summed E-state index contributed by atoms with van der Waals surface area (Å²) < 4.78 is 0. The third kappa shape index (κ3) is 32.9. The standard InChI is InChI=1S/B.Cr.Fe.Mn.Ni.H4Si/h;;;;;1H4. The third-order valence-electron chi connectivity index (χ3n) is 0. The van der Waals surface area contributed by atoms with Crippen LogP contribution < -0.4 is 0 Å². The molecule has 0 nitrogen and oxygen atoms in total. The van der Waals surface area contributed by atoms with Crippen LogP contribution in [0.1, 0.15) is 0 Å². The first-order valence-corrected chi connectivity index (χ1v) is 0. The van der Waals surface area contributed by atoms with Gasteiger partial charge in [0.25, 0.3) is 0 Å². The van der Waals surface area contributed by atoms with Gasteiger partial charge in [0.05, 0.1) is 0 Å². The first-order valence-electron chi connectivity index (χ1n) is 0. The fraction of sp³-hybridized carbons (Fsp3) is 0. The van der Waals surface area contributed by atoms with Crippen LogP contribution in [0.2, 0.25) is 0 Å². The van der Waals surface area contributed by atoms with Crippen LogP contribution in [0.25, 0.3) is 0 Å². The van der Waals surface area contributed by atoms with E-state index in [1.165, 1.54) is 0 Å². The number of hydrogen-bond donors (Lipinski definition) is 0. The molecule has 0 spiro atoms. The Morgan fingerprint density at radius 1 is 1.00 bits per heavy atom. The van der Waals surface area contributed by atoms with E-state index >= 15 is 0 Å². The second kappa shape index (κ2) is 53.7. The van der Waals surface area contributed by atoms with Gasteiger partial charge < -0.3 is 0 Å². The van der Waals surface area contributed by atoms with Gasteiger partial charge in [0.15, 0.2) is 0 Å². The van der Waals surface area contributed by atoms with Gasteiger partial charge in [-0.1, -0.05) is 0 Å². The monoisotopic (exact) mass is 264 g/mol. The van der Waals surface area contributed by atoms with Gasteiger partial charge in [-0.25, -0.2) is 0 Å². The van der Waals surface area contributed by atoms with Crippen molar-refractivity contribution in [1.82, 2.24) is 0 Å². The fourth-order valence-electron chi connectivity index (χ4n) is 0. The minimum absolute atomic E-state index is 0. The zero-order valence-corrected chi connectivity index (χ0v) is 6.58. The van der Waals surface area contributed by atoms with Crippen LogP contribution in [0.15, 0.2) is 0 Å². The maximum absolute atomic E-state index is 0. The van der Waals surface area contributed by atoms with E-state index < -0.39 is 0 Å². The third-order valence-corrected chi connectivity index (χ3v) is 0. The summed E-state index contributed by atoms with van der Waals surface area (Å²) in [6.45, 7) is 0. The summed E-state index contributed by atoms with van der Waals surface area (Å²) in [6.07, 6.45) is 0. The molecular weight excluding hydrogens is 260 g/mol. The molecule has 42 valence electrons. The Kier molecular flexibility index (Phi) is 733. The Balaban J connectivity index is 0. The topological polar surface area (TPSA) is 0 Å². The van der Waals surface area contributed by atoms with Crippen molar-refractivity contribution in [2.24, 2.45) is 0 Å². The summed E-state index contributed by atoms with van der Waals surface area (Å²) in [7, 11) is 0. The molecule has 0 saturated carbocycles. The minimum atomic E-state index is 0. The Hall–Kier alpha value is 2.35. The van der Waals surface area contributed by atoms with Crippen molar-refractivity contribution in [3.05, 3.63) is 0 Å². The largest absolute Gasteiger partial charge is 0.0149 e. The second-order valence-corrected chi connectivity index (χ2v) is 0. The minimum Gasteiger partial charge on any atom is -0.0149 e. The zero-order valence-electron chi connectivity index (χ0n) is 2.03. The van der Waals surface area contributed by atoms with Crippen molar-refractivity contribution in [2.45, 2.75) is 0 Å². The predicted molar refractivity (Wildman–Crippen MR) is 17.1 cm³/mol. The van der Waals surface area contributed by atoms with Gasteiger partial charge in [0.1, 0.15) is 0 Å². The molecule has 0 N–H and O–H groups in total. The van der Waals surface area contributed by atoms with E-state index in [0.29, 0.717) is 0 Å². The Morgan fingerprint density at radius 2 is 1.00 bits per heavy atom. The van der Waals surface area contributed by atoms with Crippen LogP contribution in [0.4, 0.5) is 0 Å². The molecule has 0 atom stereocenters. The molecule has 0 unspecified atom stereocenters. The molecule has 6 heteroatoms. The number of rotatable bonds is 0. The van der Waals surface area contributed by atoms with Gasteiger partial charge in [0, 0.05) is 76.4 Å². The maximum atomic E-state index is 0. The Morgan fingerprint density at radius 3 is 1.00 bits per heavy atom. The molecule has 0 heterocycles. The van der Waals surface area contributed by atoms with Crippen molar-refractivity contribution < 1.29 is 68.0 Å². The van der Waals surface area contributed by atoms with Crippen LogP contribution in [0, 0.1) is 0 Å². The first kappa shape index (κ1) is 81.8. The molecule has 0 fully saturated rings. The van der Waals surface area contributed by atoms with Crippen LogP contribution in [-0.4, -0.2) is 19.4 Å². The van der Waals surface area contributed by atoms with E-state index in [0.717, 1.165) is 0 Å². The zero-order chi connectivity index (χ0) is 0.